The van der Waals surface area contributed by atoms with E-state index in [1.807, 2.05) is 0 Å². The smallest absolute Gasteiger partial charge is 0.361 e. The number of benzene rings is 1. The highest BCUT2D eigenvalue weighted by atomic mass is 35.5. The molecule has 0 aliphatic carbocycles. The third-order valence-corrected chi connectivity index (χ3v) is 3.04. The van der Waals surface area contributed by atoms with Crippen LogP contribution in [0.5, 0.6) is 0 Å². The largest absolute Gasteiger partial charge is 0.461 e. The number of halogens is 2. The number of hydrogen-bond donors (Lipinski definition) is 1. The number of nitrogens with zero attached hydrogens (tertiary/aromatic N) is 2. The normalized spacial score (nSPS) is 10.4. The van der Waals surface area contributed by atoms with Crippen molar-refractivity contribution >= 4 is 29.2 Å². The molecule has 7 heteroatoms. The predicted octanol–water partition coefficient (Wildman–Crippen LogP) is 2.96. The van der Waals surface area contributed by atoms with E-state index in [2.05, 4.69) is 15.4 Å². The summed E-state index contributed by atoms with van der Waals surface area (Å²) in [6.07, 6.45) is 0. The Morgan fingerprint density at radius 3 is 2.89 bits per heavy atom. The fraction of sp³-hybridized carbons (Fsp3) is 0.182. The highest BCUT2D eigenvalue weighted by molar-refractivity contribution is 6.43. The Hall–Kier alpha value is -1.59. The zero-order chi connectivity index (χ0) is 13.1. The molecule has 0 fully saturated rings. The van der Waals surface area contributed by atoms with E-state index in [0.717, 1.165) is 0 Å². The van der Waals surface area contributed by atoms with Gasteiger partial charge in [0.2, 0.25) is 0 Å². The van der Waals surface area contributed by atoms with E-state index in [1.165, 1.54) is 0 Å². The Kier molecular flexibility index (Phi) is 3.84. The van der Waals surface area contributed by atoms with Crippen LogP contribution in [0, 0.1) is 0 Å². The van der Waals surface area contributed by atoms with Crippen LogP contribution in [0.2, 0.25) is 10.0 Å². The summed E-state index contributed by atoms with van der Waals surface area (Å²) >= 11 is 12.0. The fourth-order valence-electron chi connectivity index (χ4n) is 1.45. The molecule has 0 bridgehead atoms. The molecule has 0 atom stereocenters. The van der Waals surface area contributed by atoms with Gasteiger partial charge in [-0.3, -0.25) is 0 Å². The Labute approximate surface area is 113 Å². The van der Waals surface area contributed by atoms with E-state index < -0.39 is 5.97 Å². The molecule has 1 N–H and O–H groups in total. The van der Waals surface area contributed by atoms with E-state index in [4.69, 9.17) is 27.9 Å². The summed E-state index contributed by atoms with van der Waals surface area (Å²) in [5.41, 5.74) is 0.933. The number of nitrogens with one attached hydrogen (secondary N) is 1. The van der Waals surface area contributed by atoms with Crippen molar-refractivity contribution in [3.05, 3.63) is 33.9 Å². The van der Waals surface area contributed by atoms with Crippen LogP contribution in [-0.2, 0) is 4.74 Å². The summed E-state index contributed by atoms with van der Waals surface area (Å²) in [5, 5.41) is 10.8. The Morgan fingerprint density at radius 1 is 1.39 bits per heavy atom. The van der Waals surface area contributed by atoms with Gasteiger partial charge in [0.25, 0.3) is 0 Å². The molecule has 0 radical (unpaired) electrons. The second kappa shape index (κ2) is 5.37. The lowest BCUT2D eigenvalue weighted by Crippen LogP contribution is -2.06. The molecule has 1 aromatic carbocycles. The Balaban J connectivity index is 2.49. The summed E-state index contributed by atoms with van der Waals surface area (Å²) < 4.78 is 4.88. The van der Waals surface area contributed by atoms with Crippen molar-refractivity contribution in [3.63, 3.8) is 0 Å². The molecule has 0 unspecified atom stereocenters. The number of carbonyl (C=O) groups is 1. The number of hydrogen-bond acceptors (Lipinski definition) is 4. The molecule has 0 saturated carbocycles. The minimum absolute atomic E-state index is 0.0843. The first-order valence-electron chi connectivity index (χ1n) is 5.17. The van der Waals surface area contributed by atoms with Crippen LogP contribution in [0.15, 0.2) is 18.2 Å². The summed E-state index contributed by atoms with van der Waals surface area (Å²) in [5.74, 6) is -0.558. The molecule has 0 aliphatic heterocycles. The molecule has 94 valence electrons. The van der Waals surface area contributed by atoms with Gasteiger partial charge in [-0.25, -0.2) is 4.79 Å². The number of aromatic nitrogens is 3. The zero-order valence-electron chi connectivity index (χ0n) is 9.41. The average molecular weight is 286 g/mol. The summed E-state index contributed by atoms with van der Waals surface area (Å²) in [6, 6.07) is 5.07. The van der Waals surface area contributed by atoms with Gasteiger partial charge in [0, 0.05) is 5.56 Å². The lowest BCUT2D eigenvalue weighted by atomic mass is 10.1. The van der Waals surface area contributed by atoms with Crippen molar-refractivity contribution in [1.82, 2.24) is 15.4 Å². The standard InChI is InChI=1S/C11H9Cl2N3O2/c1-2-18-11(17)10-9(14-16-15-10)6-4-3-5-7(12)8(6)13/h3-5H,2H2,1H3,(H,14,15,16). The van der Waals surface area contributed by atoms with Crippen molar-refractivity contribution in [2.24, 2.45) is 0 Å². The first kappa shape index (κ1) is 12.9. The highest BCUT2D eigenvalue weighted by Crippen LogP contribution is 2.33. The van der Waals surface area contributed by atoms with Crippen molar-refractivity contribution < 1.29 is 9.53 Å². The third kappa shape index (κ3) is 2.32. The average Bonchev–Trinajstić information content (AvgIpc) is 2.82. The highest BCUT2D eigenvalue weighted by Gasteiger charge is 2.21. The van der Waals surface area contributed by atoms with Gasteiger partial charge in [0.15, 0.2) is 5.69 Å². The molecule has 0 spiro atoms. The molecule has 5 nitrogen and oxygen atoms in total. The minimum Gasteiger partial charge on any atom is -0.461 e. The van der Waals surface area contributed by atoms with Gasteiger partial charge in [-0.1, -0.05) is 35.3 Å². The number of H-pyrrole nitrogens is 1. The number of esters is 1. The Morgan fingerprint density at radius 2 is 2.17 bits per heavy atom. The van der Waals surface area contributed by atoms with E-state index in [0.29, 0.717) is 21.3 Å². The van der Waals surface area contributed by atoms with Gasteiger partial charge in [-0.2, -0.15) is 10.3 Å². The van der Waals surface area contributed by atoms with Crippen LogP contribution in [0.1, 0.15) is 17.4 Å². The number of aromatic amines is 1. The number of rotatable bonds is 3. The lowest BCUT2D eigenvalue weighted by Gasteiger charge is -2.04. The van der Waals surface area contributed by atoms with Crippen LogP contribution >= 0.6 is 23.2 Å². The monoisotopic (exact) mass is 285 g/mol. The molecule has 18 heavy (non-hydrogen) atoms. The first-order valence-corrected chi connectivity index (χ1v) is 5.93. The number of ether oxygens (including phenoxy) is 1. The van der Waals surface area contributed by atoms with Gasteiger partial charge in [0.05, 0.1) is 16.7 Å². The van der Waals surface area contributed by atoms with E-state index >= 15 is 0 Å². The molecule has 0 amide bonds. The predicted molar refractivity (Wildman–Crippen MR) is 67.8 cm³/mol. The van der Waals surface area contributed by atoms with Crippen LogP contribution < -0.4 is 0 Å². The molecule has 2 aromatic rings. The van der Waals surface area contributed by atoms with Gasteiger partial charge in [-0.05, 0) is 13.0 Å². The van der Waals surface area contributed by atoms with Gasteiger partial charge in [0.1, 0.15) is 5.69 Å². The minimum atomic E-state index is -0.558. The third-order valence-electron chi connectivity index (χ3n) is 2.22. The quantitative estimate of drug-likeness (QED) is 0.881. The van der Waals surface area contributed by atoms with Crippen molar-refractivity contribution in [2.45, 2.75) is 6.92 Å². The van der Waals surface area contributed by atoms with Crippen LogP contribution in [-0.4, -0.2) is 28.0 Å². The van der Waals surface area contributed by atoms with E-state index in [1.54, 1.807) is 25.1 Å². The van der Waals surface area contributed by atoms with E-state index in [-0.39, 0.29) is 12.3 Å². The Bertz CT molecular complexity index is 583. The van der Waals surface area contributed by atoms with Gasteiger partial charge >= 0.3 is 5.97 Å². The fourth-order valence-corrected chi connectivity index (χ4v) is 1.84. The topological polar surface area (TPSA) is 67.9 Å². The molecular weight excluding hydrogens is 277 g/mol. The summed E-state index contributed by atoms with van der Waals surface area (Å²) in [6.45, 7) is 1.97. The second-order valence-electron chi connectivity index (χ2n) is 3.34. The van der Waals surface area contributed by atoms with Crippen molar-refractivity contribution in [2.75, 3.05) is 6.61 Å². The molecule has 0 aliphatic rings. The molecule has 0 saturated heterocycles. The maximum Gasteiger partial charge on any atom is 0.361 e. The van der Waals surface area contributed by atoms with E-state index in [9.17, 15) is 4.79 Å². The van der Waals surface area contributed by atoms with Gasteiger partial charge < -0.3 is 4.74 Å². The first-order chi connectivity index (χ1) is 8.65. The lowest BCUT2D eigenvalue weighted by molar-refractivity contribution is 0.0520. The maximum absolute atomic E-state index is 11.7. The van der Waals surface area contributed by atoms with Crippen molar-refractivity contribution in [3.8, 4) is 11.3 Å². The SMILES string of the molecule is CCOC(=O)c1n[nH]nc1-c1cccc(Cl)c1Cl. The van der Waals surface area contributed by atoms with Crippen molar-refractivity contribution in [1.29, 1.82) is 0 Å². The molecule has 1 aromatic heterocycles. The van der Waals surface area contributed by atoms with Crippen LogP contribution in [0.25, 0.3) is 11.3 Å². The van der Waals surface area contributed by atoms with Crippen LogP contribution in [0.4, 0.5) is 0 Å². The molecular formula is C11H9Cl2N3O2. The summed E-state index contributed by atoms with van der Waals surface area (Å²) in [4.78, 5) is 11.7. The zero-order valence-corrected chi connectivity index (χ0v) is 10.9. The summed E-state index contributed by atoms with van der Waals surface area (Å²) in [7, 11) is 0. The molecule has 2 rings (SSSR count). The number of carbonyl (C=O) groups excluding carboxylic acids is 1. The maximum atomic E-state index is 11.7. The van der Waals surface area contributed by atoms with Gasteiger partial charge in [-0.15, -0.1) is 5.10 Å². The molecule has 1 heterocycles. The second-order valence-corrected chi connectivity index (χ2v) is 4.13. The van der Waals surface area contributed by atoms with Crippen LogP contribution in [0.3, 0.4) is 0 Å².